The second kappa shape index (κ2) is 7.64. The molecule has 0 saturated carbocycles. The molecule has 1 aliphatic heterocycles. The van der Waals surface area contributed by atoms with Crippen LogP contribution in [0.25, 0.3) is 10.9 Å². The fraction of sp³-hybridized carbons (Fsp3) is 0.364. The van der Waals surface area contributed by atoms with Crippen molar-refractivity contribution in [3.05, 3.63) is 59.3 Å². The lowest BCUT2D eigenvalue weighted by atomic mass is 9.98. The number of ether oxygens (including phenoxy) is 1. The minimum atomic E-state index is -0.785. The maximum Gasteiger partial charge on any atom is 0.317 e. The highest BCUT2D eigenvalue weighted by Gasteiger charge is 2.21. The van der Waals surface area contributed by atoms with E-state index in [1.165, 1.54) is 5.56 Å². The summed E-state index contributed by atoms with van der Waals surface area (Å²) >= 11 is 0. The molecule has 0 amide bonds. The summed E-state index contributed by atoms with van der Waals surface area (Å²) in [7, 11) is 0. The van der Waals surface area contributed by atoms with Crippen LogP contribution in [-0.2, 0) is 24.4 Å². The molecule has 2 aromatic carbocycles. The zero-order valence-electron chi connectivity index (χ0n) is 16.3. The molecule has 0 unspecified atom stereocenters. The maximum absolute atomic E-state index is 11.0. The largest absolute Gasteiger partial charge is 0.489 e. The summed E-state index contributed by atoms with van der Waals surface area (Å²) in [6.45, 7) is 6.20. The zero-order valence-corrected chi connectivity index (χ0v) is 16.3. The third-order valence-corrected chi connectivity index (χ3v) is 5.17. The van der Waals surface area contributed by atoms with E-state index in [1.54, 1.807) is 0 Å². The average Bonchev–Trinajstić information content (AvgIpc) is 3.09. The van der Waals surface area contributed by atoms with Crippen LogP contribution in [0.2, 0.25) is 0 Å². The van der Waals surface area contributed by atoms with Crippen molar-refractivity contribution >= 4 is 16.9 Å². The van der Waals surface area contributed by atoms with Crippen LogP contribution in [0.3, 0.4) is 0 Å². The first-order valence-corrected chi connectivity index (χ1v) is 9.65. The molecule has 0 radical (unpaired) electrons. The van der Waals surface area contributed by atoms with Crippen LogP contribution >= 0.6 is 0 Å². The highest BCUT2D eigenvalue weighted by atomic mass is 16.5. The molecule has 146 valence electrons. The summed E-state index contributed by atoms with van der Waals surface area (Å²) in [5, 5.41) is 14.7. The van der Waals surface area contributed by atoms with Gasteiger partial charge in [-0.2, -0.15) is 5.10 Å². The Morgan fingerprint density at radius 3 is 2.93 bits per heavy atom. The minimum absolute atomic E-state index is 0.0780. The number of rotatable bonds is 6. The van der Waals surface area contributed by atoms with Crippen LogP contribution in [0.4, 0.5) is 0 Å². The Bertz CT molecular complexity index is 1010. The molecule has 6 heteroatoms. The molecule has 3 aromatic rings. The summed E-state index contributed by atoms with van der Waals surface area (Å²) in [4.78, 5) is 12.9. The molecule has 0 fully saturated rings. The molecular weight excluding hydrogens is 354 g/mol. The van der Waals surface area contributed by atoms with Gasteiger partial charge in [-0.05, 0) is 55.2 Å². The van der Waals surface area contributed by atoms with Crippen molar-refractivity contribution in [1.29, 1.82) is 0 Å². The van der Waals surface area contributed by atoms with E-state index in [4.69, 9.17) is 9.84 Å². The number of carbonyl (C=O) groups is 1. The summed E-state index contributed by atoms with van der Waals surface area (Å²) in [5.41, 5.74) is 4.45. The van der Waals surface area contributed by atoms with E-state index in [-0.39, 0.29) is 6.54 Å². The summed E-state index contributed by atoms with van der Waals surface area (Å²) < 4.78 is 8.13. The number of benzene rings is 2. The van der Waals surface area contributed by atoms with Gasteiger partial charge in [0.2, 0.25) is 0 Å². The van der Waals surface area contributed by atoms with Gasteiger partial charge in [-0.1, -0.05) is 18.2 Å². The second-order valence-corrected chi connectivity index (χ2v) is 7.63. The van der Waals surface area contributed by atoms with Gasteiger partial charge in [0, 0.05) is 30.7 Å². The molecule has 1 aromatic heterocycles. The van der Waals surface area contributed by atoms with Crippen LogP contribution in [0.1, 0.15) is 36.6 Å². The van der Waals surface area contributed by atoms with Crippen molar-refractivity contribution in [2.45, 2.75) is 39.5 Å². The zero-order chi connectivity index (χ0) is 19.7. The Labute approximate surface area is 164 Å². The molecule has 1 aliphatic rings. The van der Waals surface area contributed by atoms with Crippen molar-refractivity contribution in [2.75, 3.05) is 13.1 Å². The topological polar surface area (TPSA) is 67.6 Å². The van der Waals surface area contributed by atoms with E-state index in [1.807, 2.05) is 27.8 Å². The molecule has 0 aliphatic carbocycles. The molecule has 4 rings (SSSR count). The van der Waals surface area contributed by atoms with Gasteiger partial charge in [-0.25, -0.2) is 0 Å². The standard InChI is InChI=1S/C22H25N3O3/c1-15(2)25-12-18-10-16(6-7-20(18)23-25)14-28-21-5-3-4-17-11-24(13-22(26)27)9-8-19(17)21/h3-7,10,12,15H,8-9,11,13-14H2,1-2H3,(H,26,27). The highest BCUT2D eigenvalue weighted by Crippen LogP contribution is 2.29. The lowest BCUT2D eigenvalue weighted by molar-refractivity contribution is -0.138. The predicted octanol–water partition coefficient (Wildman–Crippen LogP) is 3.64. The van der Waals surface area contributed by atoms with Gasteiger partial charge in [0.25, 0.3) is 0 Å². The van der Waals surface area contributed by atoms with Gasteiger partial charge in [0.1, 0.15) is 12.4 Å². The lowest BCUT2D eigenvalue weighted by Gasteiger charge is -2.28. The van der Waals surface area contributed by atoms with Gasteiger partial charge in [0.15, 0.2) is 0 Å². The Kier molecular flexibility index (Phi) is 5.05. The normalized spacial score (nSPS) is 14.4. The smallest absolute Gasteiger partial charge is 0.317 e. The minimum Gasteiger partial charge on any atom is -0.489 e. The number of aromatic nitrogens is 2. The molecule has 0 atom stereocenters. The van der Waals surface area contributed by atoms with Crippen molar-refractivity contribution in [3.63, 3.8) is 0 Å². The Balaban J connectivity index is 1.48. The van der Waals surface area contributed by atoms with Gasteiger partial charge in [-0.15, -0.1) is 0 Å². The number of nitrogens with zero attached hydrogens (tertiary/aromatic N) is 3. The van der Waals surface area contributed by atoms with Gasteiger partial charge >= 0.3 is 5.97 Å². The molecule has 2 heterocycles. The number of carboxylic acids is 1. The number of aliphatic carboxylic acids is 1. The van der Waals surface area contributed by atoms with Crippen molar-refractivity contribution < 1.29 is 14.6 Å². The second-order valence-electron chi connectivity index (χ2n) is 7.63. The number of hydrogen-bond acceptors (Lipinski definition) is 4. The Hall–Kier alpha value is -2.86. The molecule has 6 nitrogen and oxygen atoms in total. The quantitative estimate of drug-likeness (QED) is 0.708. The first kappa shape index (κ1) is 18.5. The maximum atomic E-state index is 11.0. The van der Waals surface area contributed by atoms with E-state index in [2.05, 4.69) is 43.3 Å². The summed E-state index contributed by atoms with van der Waals surface area (Å²) in [6.07, 6.45) is 2.88. The lowest BCUT2D eigenvalue weighted by Crippen LogP contribution is -2.34. The first-order chi connectivity index (χ1) is 13.5. The molecule has 1 N–H and O–H groups in total. The van der Waals surface area contributed by atoms with Crippen LogP contribution in [0.5, 0.6) is 5.75 Å². The molecular formula is C22H25N3O3. The molecule has 0 bridgehead atoms. The molecule has 0 saturated heterocycles. The molecule has 28 heavy (non-hydrogen) atoms. The predicted molar refractivity (Wildman–Crippen MR) is 108 cm³/mol. The van der Waals surface area contributed by atoms with Crippen molar-refractivity contribution in [2.24, 2.45) is 0 Å². The third-order valence-electron chi connectivity index (χ3n) is 5.17. The first-order valence-electron chi connectivity index (χ1n) is 9.65. The Morgan fingerprint density at radius 1 is 1.29 bits per heavy atom. The van der Waals surface area contributed by atoms with Crippen LogP contribution in [0, 0.1) is 0 Å². The third kappa shape index (κ3) is 3.87. The van der Waals surface area contributed by atoms with E-state index < -0.39 is 5.97 Å². The van der Waals surface area contributed by atoms with E-state index in [0.29, 0.717) is 19.2 Å². The van der Waals surface area contributed by atoms with Crippen molar-refractivity contribution in [3.8, 4) is 5.75 Å². The van der Waals surface area contributed by atoms with E-state index in [0.717, 1.165) is 40.7 Å². The van der Waals surface area contributed by atoms with Crippen molar-refractivity contribution in [1.82, 2.24) is 14.7 Å². The highest BCUT2D eigenvalue weighted by molar-refractivity contribution is 5.78. The van der Waals surface area contributed by atoms with Gasteiger partial charge in [-0.3, -0.25) is 14.4 Å². The fourth-order valence-electron chi connectivity index (χ4n) is 3.70. The number of fused-ring (bicyclic) bond motifs is 2. The van der Waals surface area contributed by atoms with Crippen LogP contribution in [0.15, 0.2) is 42.6 Å². The Morgan fingerprint density at radius 2 is 2.14 bits per heavy atom. The molecule has 0 spiro atoms. The summed E-state index contributed by atoms with van der Waals surface area (Å²) in [5.74, 6) is 0.109. The van der Waals surface area contributed by atoms with Gasteiger partial charge in [0.05, 0.1) is 12.1 Å². The number of hydrogen-bond donors (Lipinski definition) is 1. The van der Waals surface area contributed by atoms with Gasteiger partial charge < -0.3 is 9.84 Å². The monoisotopic (exact) mass is 379 g/mol. The van der Waals surface area contributed by atoms with E-state index in [9.17, 15) is 4.79 Å². The average molecular weight is 379 g/mol. The van der Waals surface area contributed by atoms with Crippen LogP contribution < -0.4 is 4.74 Å². The summed E-state index contributed by atoms with van der Waals surface area (Å²) in [6, 6.07) is 12.6. The van der Waals surface area contributed by atoms with E-state index >= 15 is 0 Å². The SMILES string of the molecule is CC(C)n1cc2cc(COc3cccc4c3CCN(CC(=O)O)C4)ccc2n1. The van der Waals surface area contributed by atoms with Crippen LogP contribution in [-0.4, -0.2) is 38.8 Å². The number of carboxylic acid groups (broad SMARTS) is 1. The fourth-order valence-corrected chi connectivity index (χ4v) is 3.70.